The third-order valence-electron chi connectivity index (χ3n) is 6.20. The predicted molar refractivity (Wildman–Crippen MR) is 155 cm³/mol. The number of unbranched alkanes of at least 4 members (excludes halogenated alkanes) is 10. The molecule has 36 heavy (non-hydrogen) atoms. The van der Waals surface area contributed by atoms with Gasteiger partial charge in [-0.2, -0.15) is 0 Å². The fraction of sp³-hybridized carbons (Fsp3) is 0.733. The van der Waals surface area contributed by atoms with Gasteiger partial charge in [-0.1, -0.05) is 108 Å². The number of nitrogens with one attached hydrogen (secondary N) is 4. The molecule has 0 spiro atoms. The van der Waals surface area contributed by atoms with E-state index in [1.165, 1.54) is 64.2 Å². The number of rotatable bonds is 24. The number of carbonyl (C=O) groups excluding carboxylic acids is 2. The summed E-state index contributed by atoms with van der Waals surface area (Å²) in [6.07, 6.45) is 27.8. The zero-order chi connectivity index (χ0) is 26.5. The summed E-state index contributed by atoms with van der Waals surface area (Å²) < 4.78 is 0. The van der Waals surface area contributed by atoms with Crippen LogP contribution in [0.2, 0.25) is 0 Å². The van der Waals surface area contributed by atoms with Crippen molar-refractivity contribution in [3.05, 3.63) is 37.0 Å². The van der Waals surface area contributed by atoms with Crippen molar-refractivity contribution in [1.29, 1.82) is 0 Å². The van der Waals surface area contributed by atoms with Crippen molar-refractivity contribution < 1.29 is 9.59 Å². The van der Waals surface area contributed by atoms with Gasteiger partial charge in [-0.25, -0.2) is 9.59 Å². The largest absolute Gasteiger partial charge is 0.338 e. The monoisotopic (exact) mass is 504 g/mol. The molecule has 6 heteroatoms. The van der Waals surface area contributed by atoms with Gasteiger partial charge < -0.3 is 21.3 Å². The molecular formula is C30H56N4O2. The highest BCUT2D eigenvalue weighted by Crippen LogP contribution is 2.13. The van der Waals surface area contributed by atoms with Crippen molar-refractivity contribution in [2.45, 2.75) is 110 Å². The van der Waals surface area contributed by atoms with E-state index in [0.717, 1.165) is 45.2 Å². The van der Waals surface area contributed by atoms with Gasteiger partial charge >= 0.3 is 12.1 Å². The van der Waals surface area contributed by atoms with Crippen LogP contribution >= 0.6 is 0 Å². The van der Waals surface area contributed by atoms with Crippen LogP contribution in [0, 0.1) is 5.92 Å². The molecule has 6 nitrogen and oxygen atoms in total. The summed E-state index contributed by atoms with van der Waals surface area (Å²) in [4.78, 5) is 23.6. The lowest BCUT2D eigenvalue weighted by Crippen LogP contribution is -2.36. The lowest BCUT2D eigenvalue weighted by atomic mass is 9.99. The van der Waals surface area contributed by atoms with Gasteiger partial charge in [0, 0.05) is 26.2 Å². The second-order valence-corrected chi connectivity index (χ2v) is 9.56. The molecule has 208 valence electrons. The van der Waals surface area contributed by atoms with Crippen LogP contribution in [-0.2, 0) is 0 Å². The van der Waals surface area contributed by atoms with E-state index in [2.05, 4.69) is 53.8 Å². The molecule has 0 bridgehead atoms. The molecule has 0 aliphatic rings. The smallest absolute Gasteiger partial charge is 0.315 e. The normalized spacial score (nSPS) is 12.1. The van der Waals surface area contributed by atoms with E-state index in [1.54, 1.807) is 0 Å². The Balaban J connectivity index is 3.68. The summed E-state index contributed by atoms with van der Waals surface area (Å²) in [7, 11) is 0. The fourth-order valence-corrected chi connectivity index (χ4v) is 3.84. The van der Waals surface area contributed by atoms with Crippen LogP contribution in [0.1, 0.15) is 110 Å². The number of hydrogen-bond donors (Lipinski definition) is 4. The predicted octanol–water partition coefficient (Wildman–Crippen LogP) is 7.39. The summed E-state index contributed by atoms with van der Waals surface area (Å²) in [6.45, 7) is 11.0. The molecule has 0 aromatic heterocycles. The van der Waals surface area contributed by atoms with Crippen molar-refractivity contribution in [1.82, 2.24) is 21.3 Å². The lowest BCUT2D eigenvalue weighted by Gasteiger charge is -2.08. The maximum absolute atomic E-state index is 11.8. The molecule has 4 amide bonds. The van der Waals surface area contributed by atoms with Crippen molar-refractivity contribution in [2.24, 2.45) is 5.92 Å². The van der Waals surface area contributed by atoms with Gasteiger partial charge in [0.2, 0.25) is 0 Å². The van der Waals surface area contributed by atoms with E-state index in [1.807, 2.05) is 18.2 Å². The maximum Gasteiger partial charge on any atom is 0.315 e. The highest BCUT2D eigenvalue weighted by molar-refractivity contribution is 5.74. The van der Waals surface area contributed by atoms with Gasteiger partial charge in [-0.15, -0.1) is 6.58 Å². The summed E-state index contributed by atoms with van der Waals surface area (Å²) in [5, 5.41) is 11.6. The Morgan fingerprint density at radius 1 is 0.639 bits per heavy atom. The average Bonchev–Trinajstić information content (AvgIpc) is 2.88. The number of hydrogen-bond acceptors (Lipinski definition) is 2. The second kappa shape index (κ2) is 27.3. The Morgan fingerprint density at radius 2 is 1.11 bits per heavy atom. The third-order valence-corrected chi connectivity index (χ3v) is 6.20. The Bertz CT molecular complexity index is 589. The van der Waals surface area contributed by atoms with Gasteiger partial charge in [0.05, 0.1) is 0 Å². The van der Waals surface area contributed by atoms with E-state index < -0.39 is 0 Å². The first-order chi connectivity index (χ1) is 17.6. The lowest BCUT2D eigenvalue weighted by molar-refractivity contribution is 0.241. The Labute approximate surface area is 222 Å². The molecule has 0 saturated carbocycles. The number of amides is 4. The molecule has 0 aromatic rings. The second-order valence-electron chi connectivity index (χ2n) is 9.56. The molecule has 0 radical (unpaired) electrons. The number of allylic oxidation sites excluding steroid dienone is 3. The van der Waals surface area contributed by atoms with Gasteiger partial charge in [0.15, 0.2) is 0 Å². The molecular weight excluding hydrogens is 448 g/mol. The van der Waals surface area contributed by atoms with Crippen molar-refractivity contribution in [2.75, 3.05) is 26.2 Å². The van der Waals surface area contributed by atoms with Crippen LogP contribution in [0.3, 0.4) is 0 Å². The Kier molecular flexibility index (Phi) is 25.6. The topological polar surface area (TPSA) is 82.3 Å². The molecule has 0 heterocycles. The van der Waals surface area contributed by atoms with E-state index in [4.69, 9.17) is 0 Å². The molecule has 1 atom stereocenters. The van der Waals surface area contributed by atoms with E-state index >= 15 is 0 Å². The Morgan fingerprint density at radius 3 is 1.61 bits per heavy atom. The highest BCUT2D eigenvalue weighted by atomic mass is 16.2. The van der Waals surface area contributed by atoms with Gasteiger partial charge in [-0.3, -0.25) is 0 Å². The SMILES string of the molecule is C=CC(C/C=C/CNC(=O)NCCCCCCCC)CC/C=C/CNC(=O)NCCCCCCCC. The minimum atomic E-state index is -0.0942. The summed E-state index contributed by atoms with van der Waals surface area (Å²) in [5.74, 6) is 0.404. The van der Waals surface area contributed by atoms with E-state index in [9.17, 15) is 9.59 Å². The van der Waals surface area contributed by atoms with E-state index in [0.29, 0.717) is 19.0 Å². The molecule has 0 fully saturated rings. The van der Waals surface area contributed by atoms with E-state index in [-0.39, 0.29) is 12.1 Å². The van der Waals surface area contributed by atoms with Gasteiger partial charge in [0.1, 0.15) is 0 Å². The first-order valence-electron chi connectivity index (χ1n) is 14.6. The van der Waals surface area contributed by atoms with Crippen LogP contribution in [-0.4, -0.2) is 38.2 Å². The van der Waals surface area contributed by atoms with Crippen LogP contribution in [0.4, 0.5) is 9.59 Å². The standard InChI is InChI=1S/C30H56N4O2/c1-4-7-9-11-13-18-24-31-29(35)33-26-20-15-16-22-28(6-3)23-17-21-27-34-30(36)32-25-19-14-12-10-8-5-2/h6,15,17,20-21,28H,3-5,7-14,16,18-19,22-27H2,1-2H3,(H2,31,33,35)(H2,32,34,36)/b20-15+,21-17+. The summed E-state index contributed by atoms with van der Waals surface area (Å²) in [6, 6.07) is -0.185. The van der Waals surface area contributed by atoms with Crippen LogP contribution in [0.25, 0.3) is 0 Å². The first kappa shape index (κ1) is 33.8. The fourth-order valence-electron chi connectivity index (χ4n) is 3.84. The molecule has 0 aliphatic heterocycles. The van der Waals surface area contributed by atoms with Crippen molar-refractivity contribution >= 4 is 12.1 Å². The zero-order valence-electron chi connectivity index (χ0n) is 23.4. The molecule has 1 unspecified atom stereocenters. The maximum atomic E-state index is 11.8. The van der Waals surface area contributed by atoms with Crippen molar-refractivity contribution in [3.8, 4) is 0 Å². The Hall–Kier alpha value is -2.24. The number of urea groups is 2. The summed E-state index contributed by atoms with van der Waals surface area (Å²) in [5.41, 5.74) is 0. The van der Waals surface area contributed by atoms with Crippen LogP contribution in [0.15, 0.2) is 37.0 Å². The van der Waals surface area contributed by atoms with Gasteiger partial charge in [0.25, 0.3) is 0 Å². The minimum absolute atomic E-state index is 0.0907. The first-order valence-corrected chi connectivity index (χ1v) is 14.6. The summed E-state index contributed by atoms with van der Waals surface area (Å²) >= 11 is 0. The molecule has 4 N–H and O–H groups in total. The zero-order valence-corrected chi connectivity index (χ0v) is 23.4. The molecule has 0 saturated heterocycles. The molecule has 0 aromatic carbocycles. The quantitative estimate of drug-likeness (QED) is 0.0816. The third kappa shape index (κ3) is 24.9. The number of carbonyl (C=O) groups is 2. The average molecular weight is 505 g/mol. The van der Waals surface area contributed by atoms with Crippen molar-refractivity contribution in [3.63, 3.8) is 0 Å². The van der Waals surface area contributed by atoms with Gasteiger partial charge in [-0.05, 0) is 38.0 Å². The minimum Gasteiger partial charge on any atom is -0.338 e. The highest BCUT2D eigenvalue weighted by Gasteiger charge is 2.01. The molecule has 0 rings (SSSR count). The molecule has 0 aliphatic carbocycles. The van der Waals surface area contributed by atoms with Crippen LogP contribution in [0.5, 0.6) is 0 Å². The van der Waals surface area contributed by atoms with Crippen LogP contribution < -0.4 is 21.3 Å².